The molecule has 0 aromatic rings. The molecule has 156 valence electrons. The first-order valence-corrected chi connectivity index (χ1v) is 10.7. The van der Waals surface area contributed by atoms with Crippen molar-refractivity contribution in [3.05, 3.63) is 0 Å². The van der Waals surface area contributed by atoms with Gasteiger partial charge in [0.2, 0.25) is 0 Å². The monoisotopic (exact) mass is 455 g/mol. The maximum absolute atomic E-state index is 6.35. The van der Waals surface area contributed by atoms with Crippen molar-refractivity contribution in [2.45, 2.75) is 118 Å². The summed E-state index contributed by atoms with van der Waals surface area (Å²) in [6.07, 6.45) is 0.824. The summed E-state index contributed by atoms with van der Waals surface area (Å²) in [6, 6.07) is 0.339. The molecular formula is C19H45MoN6+. The summed E-state index contributed by atoms with van der Waals surface area (Å²) in [5, 5.41) is 14.3. The summed E-state index contributed by atoms with van der Waals surface area (Å²) in [6.45, 7) is 24.0. The Morgan fingerprint density at radius 1 is 0.731 bits per heavy atom. The number of hydrogen-bond acceptors (Lipinski definition) is 5. The van der Waals surface area contributed by atoms with Crippen LogP contribution in [0.15, 0.2) is 0 Å². The second-order valence-electron chi connectivity index (χ2n) is 9.68. The third-order valence-electron chi connectivity index (χ3n) is 4.56. The number of nitrogens with zero attached hydrogens (tertiary/aromatic N) is 1. The fraction of sp³-hybridized carbons (Fsp3) is 1.00. The van der Waals surface area contributed by atoms with Gasteiger partial charge >= 0.3 is 153 Å². The molecule has 6 atom stereocenters. The van der Waals surface area contributed by atoms with Gasteiger partial charge in [-0.15, -0.1) is 0 Å². The van der Waals surface area contributed by atoms with Crippen molar-refractivity contribution < 1.29 is 22.7 Å². The molecule has 0 saturated carbocycles. The van der Waals surface area contributed by atoms with E-state index in [9.17, 15) is 0 Å². The predicted molar refractivity (Wildman–Crippen MR) is 107 cm³/mol. The van der Waals surface area contributed by atoms with Gasteiger partial charge in [-0.2, -0.15) is 0 Å². The first-order chi connectivity index (χ1) is 11.6. The van der Waals surface area contributed by atoms with Crippen molar-refractivity contribution >= 4 is 0 Å². The molecule has 0 bridgehead atoms. The molecule has 7 heteroatoms. The Balaban J connectivity index is 4.39. The van der Waals surface area contributed by atoms with Crippen LogP contribution in [-0.2, 0) is 19.6 Å². The van der Waals surface area contributed by atoms with Gasteiger partial charge in [-0.3, -0.25) is 0 Å². The van der Waals surface area contributed by atoms with E-state index >= 15 is 0 Å². The van der Waals surface area contributed by atoms with Gasteiger partial charge in [0, 0.05) is 0 Å². The number of nitrogens with one attached hydrogen (secondary N) is 4. The number of nitrogens with two attached hydrogens (primary N) is 1. The minimum absolute atomic E-state index is 0.0872. The SMILES string of the molecule is CC(NC(C)NC(C)C(N)C(C)(C)C)NC(C)NC(C)[N+](=[Mo])C(C)(C)C. The van der Waals surface area contributed by atoms with Crippen LogP contribution in [0.5, 0.6) is 0 Å². The Labute approximate surface area is 173 Å². The topological polar surface area (TPSA) is 77.2 Å². The van der Waals surface area contributed by atoms with E-state index in [1.165, 1.54) is 0 Å². The predicted octanol–water partition coefficient (Wildman–Crippen LogP) is 2.03. The molecule has 0 radical (unpaired) electrons. The maximum atomic E-state index is 6.35. The quantitative estimate of drug-likeness (QED) is 0.259. The molecule has 0 aromatic heterocycles. The average molecular weight is 454 g/mol. The molecule has 0 aromatic carbocycles. The van der Waals surface area contributed by atoms with E-state index in [-0.39, 0.29) is 47.7 Å². The molecule has 0 saturated heterocycles. The van der Waals surface area contributed by atoms with Crippen molar-refractivity contribution in [3.8, 4) is 0 Å². The molecule has 0 aliphatic carbocycles. The average Bonchev–Trinajstić information content (AvgIpc) is 2.42. The van der Waals surface area contributed by atoms with Crippen LogP contribution in [0, 0.1) is 5.41 Å². The summed E-state index contributed by atoms with van der Waals surface area (Å²) in [5.41, 5.74) is 6.58. The van der Waals surface area contributed by atoms with Crippen LogP contribution >= 0.6 is 0 Å². The first-order valence-electron chi connectivity index (χ1n) is 9.82. The molecule has 0 spiro atoms. The van der Waals surface area contributed by atoms with E-state index in [2.05, 4.69) is 120 Å². The van der Waals surface area contributed by atoms with Crippen molar-refractivity contribution in [2.75, 3.05) is 0 Å². The molecule has 0 fully saturated rings. The number of hydrogen-bond donors (Lipinski definition) is 5. The second kappa shape index (κ2) is 10.7. The Morgan fingerprint density at radius 3 is 1.50 bits per heavy atom. The molecule has 6 unspecified atom stereocenters. The fourth-order valence-electron chi connectivity index (χ4n) is 3.15. The zero-order valence-corrected chi connectivity index (χ0v) is 20.9. The summed E-state index contributed by atoms with van der Waals surface area (Å²) in [7, 11) is 0. The van der Waals surface area contributed by atoms with Gasteiger partial charge in [-0.1, -0.05) is 20.8 Å². The third kappa shape index (κ3) is 10.0. The second-order valence-corrected chi connectivity index (χ2v) is 10.7. The van der Waals surface area contributed by atoms with E-state index in [4.69, 9.17) is 5.73 Å². The van der Waals surface area contributed by atoms with Gasteiger partial charge in [-0.05, 0) is 0 Å². The normalized spacial score (nSPS) is 20.2. The summed E-state index contributed by atoms with van der Waals surface area (Å²) < 4.78 is 2.35. The Hall–Kier alpha value is 0.288. The standard InChI is InChI=1S/C19H45N6.Mo/c1-12(17(20)18(6,7)8)21-13(2)22-14(3)23-15(4)24-16(5)25-19(9,10)11;/h12-17,21-24H,20H2,1-11H3;/q-1;+2. The molecule has 0 rings (SSSR count). The molecule has 0 aliphatic rings. The summed E-state index contributed by atoms with van der Waals surface area (Å²) in [5.74, 6) is 0. The fourth-order valence-corrected chi connectivity index (χ4v) is 3.30. The van der Waals surface area contributed by atoms with Crippen LogP contribution in [-0.4, -0.2) is 45.4 Å². The van der Waals surface area contributed by atoms with Crippen molar-refractivity contribution in [1.82, 2.24) is 21.3 Å². The van der Waals surface area contributed by atoms with Gasteiger partial charge in [-0.25, -0.2) is 0 Å². The van der Waals surface area contributed by atoms with Crippen LogP contribution in [0.3, 0.4) is 0 Å². The Kier molecular flexibility index (Phi) is 10.8. The number of rotatable bonds is 10. The zero-order valence-electron chi connectivity index (χ0n) is 18.9. The van der Waals surface area contributed by atoms with Crippen LogP contribution in [0.1, 0.15) is 76.2 Å². The van der Waals surface area contributed by atoms with Crippen LogP contribution in [0.25, 0.3) is 0 Å². The van der Waals surface area contributed by atoms with E-state index in [0.717, 1.165) is 0 Å². The molecule has 6 N–H and O–H groups in total. The van der Waals surface area contributed by atoms with Crippen LogP contribution in [0.4, 0.5) is 0 Å². The van der Waals surface area contributed by atoms with Gasteiger partial charge in [0.25, 0.3) is 0 Å². The minimum atomic E-state index is 0.0872. The molecule has 6 nitrogen and oxygen atoms in total. The summed E-state index contributed by atoms with van der Waals surface area (Å²) in [4.78, 5) is 0. The first kappa shape index (κ1) is 26.3. The zero-order chi connectivity index (χ0) is 20.9. The van der Waals surface area contributed by atoms with Crippen LogP contribution in [0.2, 0.25) is 0 Å². The van der Waals surface area contributed by atoms with Crippen molar-refractivity contribution in [3.63, 3.8) is 0 Å². The third-order valence-corrected chi connectivity index (χ3v) is 6.68. The molecule has 0 heterocycles. The van der Waals surface area contributed by atoms with E-state index < -0.39 is 0 Å². The van der Waals surface area contributed by atoms with Gasteiger partial charge in [0.15, 0.2) is 0 Å². The molecule has 0 amide bonds. The van der Waals surface area contributed by atoms with Crippen molar-refractivity contribution in [2.24, 2.45) is 11.1 Å². The Bertz CT molecular complexity index is 429. The molecule has 26 heavy (non-hydrogen) atoms. The molecule has 0 aliphatic heterocycles. The molecular weight excluding hydrogens is 408 g/mol. The van der Waals surface area contributed by atoms with Gasteiger partial charge in [0.1, 0.15) is 0 Å². The summed E-state index contributed by atoms with van der Waals surface area (Å²) >= 11 is 2.07. The van der Waals surface area contributed by atoms with Crippen LogP contribution < -0.4 is 27.0 Å². The van der Waals surface area contributed by atoms with Gasteiger partial charge in [0.05, 0.1) is 0 Å². The van der Waals surface area contributed by atoms with Crippen molar-refractivity contribution in [1.29, 1.82) is 0 Å². The van der Waals surface area contributed by atoms with Gasteiger partial charge < -0.3 is 0 Å². The van der Waals surface area contributed by atoms with E-state index in [1.54, 1.807) is 0 Å². The van der Waals surface area contributed by atoms with E-state index in [0.29, 0.717) is 0 Å². The Morgan fingerprint density at radius 2 is 1.12 bits per heavy atom. The van der Waals surface area contributed by atoms with E-state index in [1.807, 2.05) is 0 Å².